The van der Waals surface area contributed by atoms with Gasteiger partial charge in [-0.25, -0.2) is 8.42 Å². The van der Waals surface area contributed by atoms with Crippen LogP contribution in [0.3, 0.4) is 0 Å². The molecule has 12 heteroatoms. The number of aromatic hydroxyl groups is 1. The van der Waals surface area contributed by atoms with Gasteiger partial charge in [-0.05, 0) is 45.4 Å². The first-order valence-electron chi connectivity index (χ1n) is 11.8. The first-order valence-corrected chi connectivity index (χ1v) is 13.6. The summed E-state index contributed by atoms with van der Waals surface area (Å²) in [6.45, 7) is 5.58. The summed E-state index contributed by atoms with van der Waals surface area (Å²) in [5.74, 6) is -0.601. The van der Waals surface area contributed by atoms with E-state index in [1.165, 1.54) is 16.4 Å². The summed E-state index contributed by atoms with van der Waals surface area (Å²) in [7, 11) is -2.19. The zero-order chi connectivity index (χ0) is 25.5. The Balaban J connectivity index is 1.61. The average molecular weight is 527 g/mol. The Morgan fingerprint density at radius 3 is 2.40 bits per heavy atom. The molecule has 4 rings (SSSR count). The van der Waals surface area contributed by atoms with Crippen molar-refractivity contribution in [2.45, 2.75) is 56.3 Å². The molecule has 2 aromatic rings. The van der Waals surface area contributed by atoms with E-state index in [1.807, 2.05) is 25.8 Å². The van der Waals surface area contributed by atoms with Crippen molar-refractivity contribution in [2.75, 3.05) is 43.9 Å². The molecule has 3 atom stereocenters. The van der Waals surface area contributed by atoms with E-state index in [2.05, 4.69) is 10.6 Å². The van der Waals surface area contributed by atoms with Crippen LogP contribution >= 0.6 is 11.6 Å². The third-order valence-corrected chi connectivity index (χ3v) is 9.20. The Morgan fingerprint density at radius 1 is 1.14 bits per heavy atom. The van der Waals surface area contributed by atoms with Crippen molar-refractivity contribution in [1.82, 2.24) is 9.21 Å². The van der Waals surface area contributed by atoms with Gasteiger partial charge < -0.3 is 25.4 Å². The van der Waals surface area contributed by atoms with E-state index < -0.39 is 31.5 Å². The van der Waals surface area contributed by atoms with Crippen LogP contribution in [-0.2, 0) is 14.8 Å². The third-order valence-electron chi connectivity index (χ3n) is 6.80. The summed E-state index contributed by atoms with van der Waals surface area (Å²) in [6, 6.07) is 2.55. The Bertz CT molecular complexity index is 1270. The van der Waals surface area contributed by atoms with Gasteiger partial charge in [0.2, 0.25) is 10.0 Å². The van der Waals surface area contributed by atoms with Gasteiger partial charge in [0.15, 0.2) is 5.75 Å². The fraction of sp³-hybridized carbons (Fsp3) is 0.565. The lowest BCUT2D eigenvalue weighted by molar-refractivity contribution is 0.0438. The molecule has 0 saturated carbocycles. The zero-order valence-corrected chi connectivity index (χ0v) is 21.6. The highest BCUT2D eigenvalue weighted by molar-refractivity contribution is 7.89. The van der Waals surface area contributed by atoms with Crippen LogP contribution in [0.2, 0.25) is 5.02 Å². The molecule has 0 aromatic heterocycles. The summed E-state index contributed by atoms with van der Waals surface area (Å²) in [5.41, 5.74) is -1.38. The lowest BCUT2D eigenvalue weighted by atomic mass is 10.0. The predicted octanol–water partition coefficient (Wildman–Crippen LogP) is 2.08. The van der Waals surface area contributed by atoms with E-state index in [-0.39, 0.29) is 53.4 Å². The molecule has 0 amide bonds. The smallest absolute Gasteiger partial charge is 0.253 e. The topological polar surface area (TPSA) is 128 Å². The van der Waals surface area contributed by atoms with Crippen LogP contribution in [-0.4, -0.2) is 74.2 Å². The van der Waals surface area contributed by atoms with Crippen molar-refractivity contribution in [1.29, 1.82) is 0 Å². The van der Waals surface area contributed by atoms with Crippen LogP contribution in [0, 0.1) is 0 Å². The fourth-order valence-corrected chi connectivity index (χ4v) is 6.62. The van der Waals surface area contributed by atoms with Crippen LogP contribution in [0.15, 0.2) is 26.6 Å². The number of piperazine rings is 1. The Kier molecular flexibility index (Phi) is 7.44. The second-order valence-corrected chi connectivity index (χ2v) is 11.5. The molecule has 0 radical (unpaired) electrons. The number of benzene rings is 1. The van der Waals surface area contributed by atoms with Gasteiger partial charge in [0, 0.05) is 26.2 Å². The van der Waals surface area contributed by atoms with Gasteiger partial charge in [-0.3, -0.25) is 9.59 Å². The standard InChI is InChI=1S/C23H31ClN4O6S/c1-4-15(17-8-5-13(2)34-17)25-18-19(22(31)21(18)30)26-16-7-6-14(24)23(20(16)29)35(32,33)28-11-9-27(3)10-12-28/h6-7,13,15,17,25-26,29H,4-5,8-12H2,1-3H3/t13-,15-,17-/m1/s1. The molecular formula is C23H31ClN4O6S. The minimum absolute atomic E-state index is 0.0277. The number of halogens is 1. The number of phenols is 1. The monoisotopic (exact) mass is 526 g/mol. The van der Waals surface area contributed by atoms with E-state index in [1.54, 1.807) is 0 Å². The molecular weight excluding hydrogens is 496 g/mol. The Labute approximate surface area is 209 Å². The van der Waals surface area contributed by atoms with Crippen LogP contribution in [0.1, 0.15) is 33.1 Å². The highest BCUT2D eigenvalue weighted by Crippen LogP contribution is 2.40. The molecule has 0 aliphatic carbocycles. The molecule has 2 aliphatic heterocycles. The van der Waals surface area contributed by atoms with Gasteiger partial charge in [-0.1, -0.05) is 18.5 Å². The maximum atomic E-state index is 13.3. The van der Waals surface area contributed by atoms with Crippen LogP contribution < -0.4 is 21.5 Å². The Hall–Kier alpha value is -2.18. The number of hydrogen-bond acceptors (Lipinski definition) is 9. The molecule has 0 spiro atoms. The summed E-state index contributed by atoms with van der Waals surface area (Å²) in [6.07, 6.45) is 2.48. The highest BCUT2D eigenvalue weighted by atomic mass is 35.5. The summed E-state index contributed by atoms with van der Waals surface area (Å²) >= 11 is 6.21. The third kappa shape index (κ3) is 4.92. The fourth-order valence-electron chi connectivity index (χ4n) is 4.61. The van der Waals surface area contributed by atoms with Crippen molar-refractivity contribution < 1.29 is 18.3 Å². The average Bonchev–Trinajstić information content (AvgIpc) is 3.25. The van der Waals surface area contributed by atoms with Gasteiger partial charge in [0.05, 0.1) is 29.0 Å². The normalized spacial score (nSPS) is 23.0. The number of nitrogens with one attached hydrogen (secondary N) is 2. The van der Waals surface area contributed by atoms with Gasteiger partial charge in [0.25, 0.3) is 10.9 Å². The van der Waals surface area contributed by atoms with Crippen LogP contribution in [0.25, 0.3) is 0 Å². The van der Waals surface area contributed by atoms with Gasteiger partial charge in [-0.15, -0.1) is 0 Å². The summed E-state index contributed by atoms with van der Waals surface area (Å²) in [4.78, 5) is 26.3. The maximum absolute atomic E-state index is 13.3. The van der Waals surface area contributed by atoms with E-state index in [9.17, 15) is 23.1 Å². The first-order chi connectivity index (χ1) is 16.5. The second kappa shape index (κ2) is 10.1. The molecule has 35 heavy (non-hydrogen) atoms. The molecule has 2 heterocycles. The Morgan fingerprint density at radius 2 is 1.80 bits per heavy atom. The minimum atomic E-state index is -4.09. The quantitative estimate of drug-likeness (QED) is 0.350. The predicted molar refractivity (Wildman–Crippen MR) is 135 cm³/mol. The van der Waals surface area contributed by atoms with E-state index in [4.69, 9.17) is 16.3 Å². The number of nitrogens with zero attached hydrogens (tertiary/aromatic N) is 2. The first kappa shape index (κ1) is 25.9. The largest absolute Gasteiger partial charge is 0.504 e. The van der Waals surface area contributed by atoms with Crippen molar-refractivity contribution in [3.8, 4) is 5.75 Å². The lowest BCUT2D eigenvalue weighted by Crippen LogP contribution is -2.47. The van der Waals surface area contributed by atoms with Gasteiger partial charge in [0.1, 0.15) is 16.3 Å². The number of phenolic OH excluding ortho intramolecular Hbond substituents is 1. The minimum Gasteiger partial charge on any atom is -0.504 e. The van der Waals surface area contributed by atoms with Crippen molar-refractivity contribution in [2.24, 2.45) is 0 Å². The second-order valence-electron chi connectivity index (χ2n) is 9.23. The van der Waals surface area contributed by atoms with Crippen molar-refractivity contribution in [3.05, 3.63) is 37.6 Å². The molecule has 3 N–H and O–H groups in total. The van der Waals surface area contributed by atoms with Crippen LogP contribution in [0.5, 0.6) is 5.75 Å². The van der Waals surface area contributed by atoms with Crippen molar-refractivity contribution in [3.63, 3.8) is 0 Å². The molecule has 2 aromatic carbocycles. The van der Waals surface area contributed by atoms with Crippen LogP contribution in [0.4, 0.5) is 17.1 Å². The molecule has 0 bridgehead atoms. The number of likely N-dealkylation sites (N-methyl/N-ethyl adjacent to an activating group) is 1. The molecule has 2 fully saturated rings. The van der Waals surface area contributed by atoms with Crippen molar-refractivity contribution >= 4 is 38.7 Å². The molecule has 0 unspecified atom stereocenters. The molecule has 10 nitrogen and oxygen atoms in total. The van der Waals surface area contributed by atoms with E-state index >= 15 is 0 Å². The SMILES string of the molecule is CC[C@@H](Nc1c(Nc2ccc(Cl)c(S(=O)(=O)N3CCN(C)CC3)c2O)c(=O)c1=O)[C@H]1CC[C@@H](C)O1. The summed E-state index contributed by atoms with van der Waals surface area (Å²) < 4.78 is 33.7. The van der Waals surface area contributed by atoms with E-state index in [0.717, 1.165) is 12.8 Å². The molecule has 2 aliphatic rings. The number of anilines is 3. The van der Waals surface area contributed by atoms with E-state index in [0.29, 0.717) is 19.5 Å². The maximum Gasteiger partial charge on any atom is 0.253 e. The van der Waals surface area contributed by atoms with Gasteiger partial charge in [-0.2, -0.15) is 4.31 Å². The number of rotatable bonds is 8. The molecule has 192 valence electrons. The lowest BCUT2D eigenvalue weighted by Gasteiger charge is -2.32. The number of hydrogen-bond donors (Lipinski definition) is 3. The van der Waals surface area contributed by atoms with Gasteiger partial charge >= 0.3 is 0 Å². The number of ether oxygens (including phenoxy) is 1. The number of sulfonamides is 1. The zero-order valence-electron chi connectivity index (χ0n) is 20.0. The molecule has 2 saturated heterocycles. The highest BCUT2D eigenvalue weighted by Gasteiger charge is 2.35. The summed E-state index contributed by atoms with van der Waals surface area (Å²) in [5, 5.41) is 16.7.